The molecule has 3 nitrogen and oxygen atoms in total. The van der Waals surface area contributed by atoms with Gasteiger partial charge >= 0.3 is 0 Å². The highest BCUT2D eigenvalue weighted by Crippen LogP contribution is 2.26. The van der Waals surface area contributed by atoms with E-state index in [-0.39, 0.29) is 0 Å². The number of hydrogen-bond donors (Lipinski definition) is 1. The third-order valence-corrected chi connectivity index (χ3v) is 5.49. The maximum atomic E-state index is 5.59. The molecule has 5 heteroatoms. The Balaban J connectivity index is 1.46. The maximum absolute atomic E-state index is 5.59. The molecule has 0 amide bonds. The van der Waals surface area contributed by atoms with Crippen LogP contribution in [-0.2, 0) is 13.1 Å². The van der Waals surface area contributed by atoms with Gasteiger partial charge in [0.25, 0.3) is 0 Å². The van der Waals surface area contributed by atoms with Crippen LogP contribution in [-0.4, -0.2) is 24.0 Å². The summed E-state index contributed by atoms with van der Waals surface area (Å²) in [6.45, 7) is 4.06. The minimum Gasteiger partial charge on any atom is -0.452 e. The average molecular weight is 414 g/mol. The first-order chi connectivity index (χ1) is 10.2. The topological polar surface area (TPSA) is 28.4 Å². The molecule has 21 heavy (non-hydrogen) atoms. The smallest absolute Gasteiger partial charge is 0.183 e. The van der Waals surface area contributed by atoms with E-state index in [2.05, 4.69) is 72.4 Å². The van der Waals surface area contributed by atoms with Crippen molar-refractivity contribution in [3.63, 3.8) is 0 Å². The Morgan fingerprint density at radius 3 is 2.76 bits per heavy atom. The van der Waals surface area contributed by atoms with E-state index >= 15 is 0 Å². The molecule has 1 atom stereocenters. The average Bonchev–Trinajstić information content (AvgIpc) is 3.05. The number of rotatable bonds is 5. The summed E-state index contributed by atoms with van der Waals surface area (Å²) in [7, 11) is 0. The van der Waals surface area contributed by atoms with Gasteiger partial charge < -0.3 is 9.73 Å². The second kappa shape index (κ2) is 7.09. The van der Waals surface area contributed by atoms with Crippen molar-refractivity contribution in [1.82, 2.24) is 10.2 Å². The fraction of sp³-hybridized carbons (Fsp3) is 0.375. The van der Waals surface area contributed by atoms with E-state index in [1.54, 1.807) is 0 Å². The van der Waals surface area contributed by atoms with E-state index in [9.17, 15) is 0 Å². The Labute approximate surface area is 142 Å². The first kappa shape index (κ1) is 15.3. The van der Waals surface area contributed by atoms with Crippen molar-refractivity contribution in [2.24, 2.45) is 0 Å². The van der Waals surface area contributed by atoms with Gasteiger partial charge in [-0.3, -0.25) is 4.90 Å². The number of furan rings is 1. The van der Waals surface area contributed by atoms with Crippen LogP contribution < -0.4 is 5.32 Å². The van der Waals surface area contributed by atoms with Crippen molar-refractivity contribution in [2.45, 2.75) is 25.6 Å². The Kier molecular flexibility index (Phi) is 5.16. The van der Waals surface area contributed by atoms with E-state index in [1.165, 1.54) is 12.0 Å². The van der Waals surface area contributed by atoms with Gasteiger partial charge in [0.2, 0.25) is 0 Å². The second-order valence-electron chi connectivity index (χ2n) is 5.42. The summed E-state index contributed by atoms with van der Waals surface area (Å²) in [5.41, 5.74) is 1.39. The molecule has 0 spiro atoms. The predicted octanol–water partition coefficient (Wildman–Crippen LogP) is 4.17. The highest BCUT2D eigenvalue weighted by atomic mass is 79.9. The van der Waals surface area contributed by atoms with Gasteiger partial charge in [0.15, 0.2) is 4.67 Å². The molecule has 1 unspecified atom stereocenters. The molecule has 112 valence electrons. The van der Waals surface area contributed by atoms with E-state index in [4.69, 9.17) is 4.42 Å². The molecule has 0 saturated carbocycles. The zero-order valence-electron chi connectivity index (χ0n) is 11.7. The summed E-state index contributed by atoms with van der Waals surface area (Å²) >= 11 is 6.81. The van der Waals surface area contributed by atoms with E-state index < -0.39 is 0 Å². The zero-order chi connectivity index (χ0) is 14.7. The van der Waals surface area contributed by atoms with Crippen molar-refractivity contribution in [1.29, 1.82) is 0 Å². The summed E-state index contributed by atoms with van der Waals surface area (Å²) in [6, 6.07) is 13.2. The maximum Gasteiger partial charge on any atom is 0.183 e. The number of hydrogen-bond acceptors (Lipinski definition) is 3. The van der Waals surface area contributed by atoms with Gasteiger partial charge in [-0.25, -0.2) is 0 Å². The van der Waals surface area contributed by atoms with Crippen molar-refractivity contribution < 1.29 is 4.42 Å². The molecule has 0 bridgehead atoms. The number of likely N-dealkylation sites (tertiary alicyclic amines) is 1. The van der Waals surface area contributed by atoms with Crippen LogP contribution in [0.1, 0.15) is 17.7 Å². The summed E-state index contributed by atoms with van der Waals surface area (Å²) in [6.07, 6.45) is 1.19. The fourth-order valence-corrected chi connectivity index (χ4v) is 3.37. The number of halogens is 2. The van der Waals surface area contributed by atoms with Crippen LogP contribution >= 0.6 is 31.9 Å². The van der Waals surface area contributed by atoms with Crippen molar-refractivity contribution in [3.8, 4) is 0 Å². The number of nitrogens with one attached hydrogen (secondary N) is 1. The molecule has 1 fully saturated rings. The highest BCUT2D eigenvalue weighted by molar-refractivity contribution is 9.13. The molecule has 1 N–H and O–H groups in total. The van der Waals surface area contributed by atoms with Crippen molar-refractivity contribution in [3.05, 3.63) is 56.9 Å². The predicted molar refractivity (Wildman–Crippen MR) is 91.1 cm³/mol. The third-order valence-electron chi connectivity index (χ3n) is 3.78. The van der Waals surface area contributed by atoms with E-state index in [0.717, 1.165) is 41.1 Å². The molecule has 2 aromatic rings. The Hall–Kier alpha value is -0.620. The normalized spacial score (nSPS) is 19.2. The van der Waals surface area contributed by atoms with Crippen LogP contribution in [0.25, 0.3) is 0 Å². The minimum absolute atomic E-state index is 0.538. The lowest BCUT2D eigenvalue weighted by atomic mass is 10.2. The first-order valence-electron chi connectivity index (χ1n) is 7.14. The molecule has 1 aromatic carbocycles. The Morgan fingerprint density at radius 2 is 2.05 bits per heavy atom. The van der Waals surface area contributed by atoms with Gasteiger partial charge in [-0.15, -0.1) is 0 Å². The summed E-state index contributed by atoms with van der Waals surface area (Å²) in [5, 5.41) is 3.58. The number of benzene rings is 1. The lowest BCUT2D eigenvalue weighted by Crippen LogP contribution is -2.31. The summed E-state index contributed by atoms with van der Waals surface area (Å²) in [4.78, 5) is 2.50. The molecule has 1 aromatic heterocycles. The van der Waals surface area contributed by atoms with Crippen LogP contribution in [0, 0.1) is 0 Å². The van der Waals surface area contributed by atoms with Crippen molar-refractivity contribution >= 4 is 31.9 Å². The van der Waals surface area contributed by atoms with Gasteiger partial charge in [0.1, 0.15) is 5.76 Å². The molecule has 1 aliphatic rings. The van der Waals surface area contributed by atoms with E-state index in [0.29, 0.717) is 6.04 Å². The quantitative estimate of drug-likeness (QED) is 0.797. The molecule has 3 rings (SSSR count). The van der Waals surface area contributed by atoms with Crippen LogP contribution in [0.2, 0.25) is 0 Å². The molecular weight excluding hydrogens is 396 g/mol. The SMILES string of the molecule is Brc1cc(CNC2CCN(Cc3ccccc3)C2)oc1Br. The summed E-state index contributed by atoms with van der Waals surface area (Å²) in [5.74, 6) is 0.954. The lowest BCUT2D eigenvalue weighted by molar-refractivity contribution is 0.318. The highest BCUT2D eigenvalue weighted by Gasteiger charge is 2.22. The molecule has 0 radical (unpaired) electrons. The van der Waals surface area contributed by atoms with Crippen LogP contribution in [0.15, 0.2) is 50.0 Å². The number of nitrogens with zero attached hydrogens (tertiary/aromatic N) is 1. The third kappa shape index (κ3) is 4.19. The minimum atomic E-state index is 0.538. The van der Waals surface area contributed by atoms with Crippen molar-refractivity contribution in [2.75, 3.05) is 13.1 Å². The van der Waals surface area contributed by atoms with Gasteiger partial charge in [0, 0.05) is 25.7 Å². The van der Waals surface area contributed by atoms with Crippen LogP contribution in [0.3, 0.4) is 0 Å². The van der Waals surface area contributed by atoms with Crippen LogP contribution in [0.5, 0.6) is 0 Å². The second-order valence-corrected chi connectivity index (χ2v) is 7.00. The molecule has 1 saturated heterocycles. The zero-order valence-corrected chi connectivity index (χ0v) is 14.9. The molecular formula is C16H18Br2N2O. The molecule has 1 aliphatic heterocycles. The molecule has 2 heterocycles. The van der Waals surface area contributed by atoms with Gasteiger partial charge in [-0.1, -0.05) is 30.3 Å². The van der Waals surface area contributed by atoms with E-state index in [1.807, 2.05) is 6.07 Å². The van der Waals surface area contributed by atoms with Crippen LogP contribution in [0.4, 0.5) is 0 Å². The van der Waals surface area contributed by atoms with Gasteiger partial charge in [0.05, 0.1) is 11.0 Å². The Morgan fingerprint density at radius 1 is 1.24 bits per heavy atom. The lowest BCUT2D eigenvalue weighted by Gasteiger charge is -2.16. The monoisotopic (exact) mass is 412 g/mol. The fourth-order valence-electron chi connectivity index (χ4n) is 2.71. The van der Waals surface area contributed by atoms with Gasteiger partial charge in [-0.2, -0.15) is 0 Å². The standard InChI is InChI=1S/C16H18Br2N2O/c17-15-8-14(21-16(15)18)9-19-13-6-7-20(11-13)10-12-4-2-1-3-5-12/h1-5,8,13,19H,6-7,9-11H2. The Bertz CT molecular complexity index is 566. The molecule has 0 aliphatic carbocycles. The largest absolute Gasteiger partial charge is 0.452 e. The first-order valence-corrected chi connectivity index (χ1v) is 8.72. The summed E-state index contributed by atoms with van der Waals surface area (Å²) < 4.78 is 7.32. The van der Waals surface area contributed by atoms with Gasteiger partial charge in [-0.05, 0) is 49.9 Å².